The highest BCUT2D eigenvalue weighted by Gasteiger charge is 2.21. The molecular formula is C16H24N4S. The minimum atomic E-state index is 0.440. The van der Waals surface area contributed by atoms with Crippen LogP contribution in [0.1, 0.15) is 51.1 Å². The van der Waals surface area contributed by atoms with Gasteiger partial charge in [-0.1, -0.05) is 13.8 Å². The van der Waals surface area contributed by atoms with E-state index in [1.165, 1.54) is 25.7 Å². The Morgan fingerprint density at radius 3 is 2.71 bits per heavy atom. The van der Waals surface area contributed by atoms with E-state index in [4.69, 9.17) is 0 Å². The first-order chi connectivity index (χ1) is 10.2. The van der Waals surface area contributed by atoms with Gasteiger partial charge >= 0.3 is 0 Å². The second-order valence-electron chi connectivity index (χ2n) is 6.18. The molecule has 0 aliphatic heterocycles. The molecule has 0 spiro atoms. The molecule has 0 radical (unpaired) electrons. The topological polar surface area (TPSA) is 42.2 Å². The van der Waals surface area contributed by atoms with Crippen LogP contribution in [0.15, 0.2) is 18.5 Å². The van der Waals surface area contributed by atoms with Crippen LogP contribution < -0.4 is 5.32 Å². The Kier molecular flexibility index (Phi) is 4.38. The van der Waals surface area contributed by atoms with Crippen molar-refractivity contribution in [3.05, 3.63) is 24.2 Å². The molecule has 1 fully saturated rings. The number of hydrogen-bond acceptors (Lipinski definition) is 4. The summed E-state index contributed by atoms with van der Waals surface area (Å²) >= 11 is 2.01. The molecule has 3 rings (SSSR count). The average molecular weight is 304 g/mol. The van der Waals surface area contributed by atoms with Gasteiger partial charge in [0.2, 0.25) is 0 Å². The monoisotopic (exact) mass is 304 g/mol. The van der Waals surface area contributed by atoms with Crippen molar-refractivity contribution in [2.24, 2.45) is 0 Å². The van der Waals surface area contributed by atoms with Crippen LogP contribution in [0.4, 0.5) is 5.82 Å². The molecule has 5 heteroatoms. The Labute approximate surface area is 130 Å². The number of aromatic nitrogens is 3. The Balaban J connectivity index is 1.78. The summed E-state index contributed by atoms with van der Waals surface area (Å²) in [7, 11) is 0. The van der Waals surface area contributed by atoms with E-state index < -0.39 is 0 Å². The third kappa shape index (κ3) is 3.18. The van der Waals surface area contributed by atoms with Crippen molar-refractivity contribution in [3.63, 3.8) is 0 Å². The Hall–Kier alpha value is -1.23. The van der Waals surface area contributed by atoms with Gasteiger partial charge < -0.3 is 5.32 Å². The highest BCUT2D eigenvalue weighted by Crippen LogP contribution is 2.29. The molecule has 0 bridgehead atoms. The van der Waals surface area contributed by atoms with Crippen molar-refractivity contribution in [2.45, 2.75) is 56.7 Å². The third-order valence-corrected chi connectivity index (χ3v) is 5.49. The molecule has 1 N–H and O–H groups in total. The standard InChI is InChI=1S/C16H24N4S/c1-11(2)14-10-15-16(17-8-9-20(15)19-14)18-12-4-6-13(21-3)7-5-12/h8-13H,4-7H2,1-3H3,(H,17,18). The first-order valence-electron chi connectivity index (χ1n) is 7.81. The van der Waals surface area contributed by atoms with Crippen LogP contribution >= 0.6 is 11.8 Å². The summed E-state index contributed by atoms with van der Waals surface area (Å²) in [5.74, 6) is 1.42. The summed E-state index contributed by atoms with van der Waals surface area (Å²) in [6, 6.07) is 2.71. The summed E-state index contributed by atoms with van der Waals surface area (Å²) < 4.78 is 1.94. The Morgan fingerprint density at radius 2 is 2.05 bits per heavy atom. The van der Waals surface area contributed by atoms with E-state index in [1.807, 2.05) is 28.7 Å². The van der Waals surface area contributed by atoms with E-state index in [-0.39, 0.29) is 0 Å². The van der Waals surface area contributed by atoms with Crippen molar-refractivity contribution < 1.29 is 0 Å². The van der Waals surface area contributed by atoms with E-state index in [0.717, 1.165) is 22.3 Å². The van der Waals surface area contributed by atoms with Crippen LogP contribution in [0.3, 0.4) is 0 Å². The Morgan fingerprint density at radius 1 is 1.29 bits per heavy atom. The normalized spacial score (nSPS) is 22.9. The number of hydrogen-bond donors (Lipinski definition) is 1. The van der Waals surface area contributed by atoms with E-state index in [2.05, 4.69) is 41.6 Å². The molecule has 0 atom stereocenters. The summed E-state index contributed by atoms with van der Waals surface area (Å²) in [4.78, 5) is 4.54. The molecule has 1 aliphatic rings. The fraction of sp³-hybridized carbons (Fsp3) is 0.625. The molecule has 0 amide bonds. The van der Waals surface area contributed by atoms with E-state index in [9.17, 15) is 0 Å². The first kappa shape index (κ1) is 14.7. The summed E-state index contributed by atoms with van der Waals surface area (Å²) in [5.41, 5.74) is 2.21. The maximum Gasteiger partial charge on any atom is 0.152 e. The van der Waals surface area contributed by atoms with E-state index in [1.54, 1.807) is 0 Å². The summed E-state index contributed by atoms with van der Waals surface area (Å²) in [5, 5.41) is 9.11. The minimum Gasteiger partial charge on any atom is -0.366 e. The van der Waals surface area contributed by atoms with Gasteiger partial charge in [-0.25, -0.2) is 9.50 Å². The van der Waals surface area contributed by atoms with Crippen LogP contribution in [-0.2, 0) is 0 Å². The number of thioether (sulfide) groups is 1. The number of rotatable bonds is 4. The molecule has 1 saturated carbocycles. The molecule has 4 nitrogen and oxygen atoms in total. The lowest BCUT2D eigenvalue weighted by Gasteiger charge is -2.28. The summed E-state index contributed by atoms with van der Waals surface area (Å²) in [6.45, 7) is 4.35. The molecular weight excluding hydrogens is 280 g/mol. The van der Waals surface area contributed by atoms with Gasteiger partial charge in [0.25, 0.3) is 0 Å². The summed E-state index contributed by atoms with van der Waals surface area (Å²) in [6.07, 6.45) is 11.1. The maximum atomic E-state index is 4.62. The van der Waals surface area contributed by atoms with Gasteiger partial charge in [-0.2, -0.15) is 16.9 Å². The van der Waals surface area contributed by atoms with E-state index >= 15 is 0 Å². The number of fused-ring (bicyclic) bond motifs is 1. The lowest BCUT2D eigenvalue weighted by atomic mass is 9.95. The molecule has 0 saturated heterocycles. The predicted molar refractivity (Wildman–Crippen MR) is 90.3 cm³/mol. The minimum absolute atomic E-state index is 0.440. The van der Waals surface area contributed by atoms with Crippen LogP contribution in [0.2, 0.25) is 0 Å². The highest BCUT2D eigenvalue weighted by molar-refractivity contribution is 7.99. The second-order valence-corrected chi connectivity index (χ2v) is 7.32. The fourth-order valence-corrected chi connectivity index (χ4v) is 3.71. The number of nitrogens with one attached hydrogen (secondary N) is 1. The van der Waals surface area contributed by atoms with Crippen LogP contribution in [0.25, 0.3) is 5.52 Å². The van der Waals surface area contributed by atoms with Gasteiger partial charge in [0.15, 0.2) is 5.82 Å². The van der Waals surface area contributed by atoms with Gasteiger partial charge in [0.1, 0.15) is 5.52 Å². The van der Waals surface area contributed by atoms with Gasteiger partial charge in [0, 0.05) is 23.7 Å². The molecule has 2 aromatic heterocycles. The number of nitrogens with zero attached hydrogens (tertiary/aromatic N) is 3. The predicted octanol–water partition coefficient (Wildman–Crippen LogP) is 3.94. The molecule has 114 valence electrons. The van der Waals surface area contributed by atoms with Crippen LogP contribution in [-0.4, -0.2) is 32.1 Å². The van der Waals surface area contributed by atoms with Crippen LogP contribution in [0, 0.1) is 0 Å². The van der Waals surface area contributed by atoms with Crippen molar-refractivity contribution in [3.8, 4) is 0 Å². The van der Waals surface area contributed by atoms with Crippen LogP contribution in [0.5, 0.6) is 0 Å². The zero-order valence-corrected chi connectivity index (χ0v) is 13.9. The number of anilines is 1. The van der Waals surface area contributed by atoms with Gasteiger partial charge in [-0.3, -0.25) is 0 Å². The average Bonchev–Trinajstić information content (AvgIpc) is 2.93. The van der Waals surface area contributed by atoms with E-state index in [0.29, 0.717) is 12.0 Å². The van der Waals surface area contributed by atoms with Gasteiger partial charge in [-0.15, -0.1) is 0 Å². The smallest absolute Gasteiger partial charge is 0.152 e. The SMILES string of the molecule is CSC1CCC(Nc2nccn3nc(C(C)C)cc23)CC1. The molecule has 0 unspecified atom stereocenters. The second kappa shape index (κ2) is 6.26. The lowest BCUT2D eigenvalue weighted by Crippen LogP contribution is -2.27. The molecule has 2 heterocycles. The Bertz CT molecular complexity index is 599. The van der Waals surface area contributed by atoms with Crippen molar-refractivity contribution >= 4 is 23.1 Å². The highest BCUT2D eigenvalue weighted by atomic mass is 32.2. The molecule has 0 aromatic carbocycles. The zero-order valence-electron chi connectivity index (χ0n) is 13.0. The lowest BCUT2D eigenvalue weighted by molar-refractivity contribution is 0.472. The zero-order chi connectivity index (χ0) is 14.8. The van der Waals surface area contributed by atoms with Gasteiger partial charge in [0.05, 0.1) is 5.69 Å². The van der Waals surface area contributed by atoms with Gasteiger partial charge in [-0.05, 0) is 43.9 Å². The first-order valence-corrected chi connectivity index (χ1v) is 9.09. The van der Waals surface area contributed by atoms with Crippen molar-refractivity contribution in [1.29, 1.82) is 0 Å². The molecule has 1 aliphatic carbocycles. The third-order valence-electron chi connectivity index (χ3n) is 4.35. The van der Waals surface area contributed by atoms with Crippen molar-refractivity contribution in [1.82, 2.24) is 14.6 Å². The molecule has 2 aromatic rings. The fourth-order valence-electron chi connectivity index (χ4n) is 2.97. The maximum absolute atomic E-state index is 4.62. The van der Waals surface area contributed by atoms with Crippen molar-refractivity contribution in [2.75, 3.05) is 11.6 Å². The largest absolute Gasteiger partial charge is 0.366 e. The molecule has 21 heavy (non-hydrogen) atoms. The quantitative estimate of drug-likeness (QED) is 0.929.